The molecule has 156 valence electrons. The summed E-state index contributed by atoms with van der Waals surface area (Å²) in [4.78, 5) is 17.9. The number of carbonyl (C=O) groups is 1. The molecule has 29 heavy (non-hydrogen) atoms. The minimum atomic E-state index is -0.142. The van der Waals surface area contributed by atoms with E-state index in [2.05, 4.69) is 34.1 Å². The summed E-state index contributed by atoms with van der Waals surface area (Å²) in [5.41, 5.74) is 1.25. The zero-order valence-corrected chi connectivity index (χ0v) is 17.3. The van der Waals surface area contributed by atoms with Crippen LogP contribution in [-0.2, 0) is 4.74 Å². The van der Waals surface area contributed by atoms with E-state index in [0.717, 1.165) is 38.0 Å². The van der Waals surface area contributed by atoms with Gasteiger partial charge < -0.3 is 24.4 Å². The van der Waals surface area contributed by atoms with Gasteiger partial charge in [0.25, 0.3) is 5.91 Å². The van der Waals surface area contributed by atoms with E-state index in [9.17, 15) is 4.79 Å². The van der Waals surface area contributed by atoms with Crippen molar-refractivity contribution in [3.8, 4) is 11.3 Å². The minimum absolute atomic E-state index is 0.101. The molecule has 0 atom stereocenters. The van der Waals surface area contributed by atoms with E-state index in [4.69, 9.17) is 9.26 Å². The van der Waals surface area contributed by atoms with Gasteiger partial charge in [0.2, 0.25) is 0 Å². The van der Waals surface area contributed by atoms with E-state index >= 15 is 0 Å². The monoisotopic (exact) mass is 398 g/mol. The van der Waals surface area contributed by atoms with Crippen molar-refractivity contribution in [3.05, 3.63) is 35.9 Å². The summed E-state index contributed by atoms with van der Waals surface area (Å²) in [6.45, 7) is 9.81. The first-order valence-electron chi connectivity index (χ1n) is 10.6. The van der Waals surface area contributed by atoms with E-state index in [1.54, 1.807) is 0 Å². The highest BCUT2D eigenvalue weighted by Gasteiger charge is 2.46. The molecule has 2 aromatic rings. The first kappa shape index (κ1) is 19.9. The maximum atomic E-state index is 13.5. The summed E-state index contributed by atoms with van der Waals surface area (Å²) >= 11 is 0. The number of hydrogen-bond donors (Lipinski definition) is 1. The third-order valence-electron chi connectivity index (χ3n) is 5.90. The van der Waals surface area contributed by atoms with Crippen molar-refractivity contribution < 1.29 is 14.1 Å². The Bertz CT molecular complexity index is 822. The topological polar surface area (TPSA) is 70.8 Å². The molecular weight excluding hydrogens is 368 g/mol. The number of morpholine rings is 1. The molecule has 0 radical (unpaired) electrons. The Balaban J connectivity index is 1.63. The van der Waals surface area contributed by atoms with Crippen LogP contribution in [-0.4, -0.2) is 67.4 Å². The van der Waals surface area contributed by atoms with Gasteiger partial charge in [-0.05, 0) is 25.9 Å². The Labute approximate surface area is 172 Å². The molecule has 2 heterocycles. The van der Waals surface area contributed by atoms with Crippen LogP contribution < -0.4 is 10.2 Å². The quantitative estimate of drug-likeness (QED) is 0.737. The van der Waals surface area contributed by atoms with Gasteiger partial charge in [-0.1, -0.05) is 49.3 Å². The number of nitrogens with one attached hydrogen (secondary N) is 1. The molecule has 1 aliphatic heterocycles. The van der Waals surface area contributed by atoms with Gasteiger partial charge in [0, 0.05) is 25.2 Å². The van der Waals surface area contributed by atoms with Gasteiger partial charge in [0.1, 0.15) is 5.56 Å². The van der Waals surface area contributed by atoms with E-state index < -0.39 is 0 Å². The van der Waals surface area contributed by atoms with Crippen LogP contribution in [0.2, 0.25) is 0 Å². The lowest BCUT2D eigenvalue weighted by atomic mass is 10.1. The molecule has 1 saturated carbocycles. The smallest absolute Gasteiger partial charge is 0.259 e. The molecule has 1 amide bonds. The van der Waals surface area contributed by atoms with Crippen molar-refractivity contribution in [2.24, 2.45) is 0 Å². The zero-order valence-electron chi connectivity index (χ0n) is 17.3. The molecule has 1 aromatic heterocycles. The number of ether oxygens (including phenoxy) is 1. The Morgan fingerprint density at radius 3 is 2.48 bits per heavy atom. The number of nitrogens with zero attached hydrogens (tertiary/aromatic N) is 3. The van der Waals surface area contributed by atoms with Gasteiger partial charge in [0.05, 0.1) is 18.8 Å². The fraction of sp³-hybridized carbons (Fsp3) is 0.545. The maximum absolute atomic E-state index is 13.5. The summed E-state index contributed by atoms with van der Waals surface area (Å²) in [6, 6.07) is 9.73. The molecule has 1 saturated heterocycles. The van der Waals surface area contributed by atoms with Crippen molar-refractivity contribution in [1.82, 2.24) is 15.4 Å². The van der Waals surface area contributed by atoms with Crippen molar-refractivity contribution in [3.63, 3.8) is 0 Å². The number of likely N-dealkylation sites (N-methyl/N-ethyl adjacent to an activating group) is 1. The Morgan fingerprint density at radius 2 is 1.86 bits per heavy atom. The van der Waals surface area contributed by atoms with Gasteiger partial charge in [-0.25, -0.2) is 0 Å². The number of aromatic nitrogens is 1. The molecule has 0 unspecified atom stereocenters. The Hall–Kier alpha value is -2.38. The van der Waals surface area contributed by atoms with Crippen molar-refractivity contribution in [2.75, 3.05) is 50.8 Å². The molecule has 7 heteroatoms. The van der Waals surface area contributed by atoms with Crippen molar-refractivity contribution in [2.45, 2.75) is 32.2 Å². The second-order valence-electron chi connectivity index (χ2n) is 7.87. The average Bonchev–Trinajstić information content (AvgIpc) is 3.37. The van der Waals surface area contributed by atoms with Crippen LogP contribution in [0.5, 0.6) is 0 Å². The summed E-state index contributed by atoms with van der Waals surface area (Å²) in [6.07, 6.45) is 2.02. The number of carbonyl (C=O) groups excluding carboxylic acids is 1. The van der Waals surface area contributed by atoms with Crippen LogP contribution in [0.1, 0.15) is 37.0 Å². The van der Waals surface area contributed by atoms with Crippen LogP contribution in [0.25, 0.3) is 11.3 Å². The first-order valence-corrected chi connectivity index (χ1v) is 10.6. The summed E-state index contributed by atoms with van der Waals surface area (Å²) in [5.74, 6) is 1.04. The Morgan fingerprint density at radius 1 is 1.17 bits per heavy atom. The lowest BCUT2D eigenvalue weighted by Crippen LogP contribution is -2.46. The molecule has 1 aliphatic carbocycles. The molecule has 2 aliphatic rings. The molecule has 0 bridgehead atoms. The van der Waals surface area contributed by atoms with E-state index in [-0.39, 0.29) is 11.4 Å². The lowest BCUT2D eigenvalue weighted by Gasteiger charge is -2.28. The van der Waals surface area contributed by atoms with Gasteiger partial charge in [-0.2, -0.15) is 0 Å². The fourth-order valence-corrected chi connectivity index (χ4v) is 3.92. The SMILES string of the molecule is CCN(CC)CC1(NC(=O)c2c(N3CCOCC3)noc2-c2ccccc2)CC1. The summed E-state index contributed by atoms with van der Waals surface area (Å²) in [7, 11) is 0. The Kier molecular flexibility index (Phi) is 5.87. The standard InChI is InChI=1S/C22H30N4O3/c1-3-25(4-2)16-22(10-11-22)23-21(27)18-19(17-8-6-5-7-9-17)29-24-20(18)26-12-14-28-15-13-26/h5-9H,3-4,10-16H2,1-2H3,(H,23,27). The average molecular weight is 399 g/mol. The summed E-state index contributed by atoms with van der Waals surface area (Å²) < 4.78 is 11.2. The zero-order chi connectivity index (χ0) is 20.3. The molecule has 2 fully saturated rings. The molecular formula is C22H30N4O3. The highest BCUT2D eigenvalue weighted by Crippen LogP contribution is 2.38. The lowest BCUT2D eigenvalue weighted by molar-refractivity contribution is 0.0917. The third-order valence-corrected chi connectivity index (χ3v) is 5.90. The van der Waals surface area contributed by atoms with Crippen LogP contribution in [0, 0.1) is 0 Å². The number of rotatable bonds is 8. The van der Waals surface area contributed by atoms with Gasteiger partial charge in [-0.3, -0.25) is 4.79 Å². The van der Waals surface area contributed by atoms with Gasteiger partial charge >= 0.3 is 0 Å². The number of anilines is 1. The number of hydrogen-bond acceptors (Lipinski definition) is 6. The molecule has 1 N–H and O–H groups in total. The van der Waals surface area contributed by atoms with Crippen LogP contribution in [0.4, 0.5) is 5.82 Å². The largest absolute Gasteiger partial charge is 0.378 e. The number of benzene rings is 1. The normalized spacial score (nSPS) is 18.1. The van der Waals surface area contributed by atoms with Gasteiger partial charge in [0.15, 0.2) is 11.6 Å². The van der Waals surface area contributed by atoms with Crippen molar-refractivity contribution >= 4 is 11.7 Å². The van der Waals surface area contributed by atoms with E-state index in [1.165, 1.54) is 0 Å². The van der Waals surface area contributed by atoms with E-state index in [1.807, 2.05) is 30.3 Å². The second kappa shape index (κ2) is 8.55. The molecule has 1 aromatic carbocycles. The highest BCUT2D eigenvalue weighted by atomic mass is 16.5. The third kappa shape index (κ3) is 4.31. The maximum Gasteiger partial charge on any atom is 0.259 e. The highest BCUT2D eigenvalue weighted by molar-refractivity contribution is 6.04. The fourth-order valence-electron chi connectivity index (χ4n) is 3.92. The first-order chi connectivity index (χ1) is 14.2. The predicted molar refractivity (Wildman–Crippen MR) is 112 cm³/mol. The molecule has 7 nitrogen and oxygen atoms in total. The van der Waals surface area contributed by atoms with Crippen LogP contribution in [0.15, 0.2) is 34.9 Å². The van der Waals surface area contributed by atoms with Crippen molar-refractivity contribution in [1.29, 1.82) is 0 Å². The predicted octanol–water partition coefficient (Wildman–Crippen LogP) is 2.78. The molecule has 4 rings (SSSR count). The minimum Gasteiger partial charge on any atom is -0.378 e. The molecule has 0 spiro atoms. The van der Waals surface area contributed by atoms with Crippen LogP contribution in [0.3, 0.4) is 0 Å². The van der Waals surface area contributed by atoms with Gasteiger partial charge in [-0.15, -0.1) is 0 Å². The van der Waals surface area contributed by atoms with Crippen LogP contribution >= 0.6 is 0 Å². The number of amides is 1. The van der Waals surface area contributed by atoms with E-state index in [0.29, 0.717) is 43.4 Å². The second-order valence-corrected chi connectivity index (χ2v) is 7.87. The summed E-state index contributed by atoms with van der Waals surface area (Å²) in [5, 5.41) is 7.63.